The molecule has 6 nitrogen and oxygen atoms in total. The normalized spacial score (nSPS) is 12.0. The van der Waals surface area contributed by atoms with Crippen LogP contribution in [-0.2, 0) is 9.47 Å². The van der Waals surface area contributed by atoms with E-state index in [0.717, 1.165) is 11.3 Å². The Hall–Kier alpha value is -1.79. The summed E-state index contributed by atoms with van der Waals surface area (Å²) in [6.45, 7) is 2.33. The molecule has 0 fully saturated rings. The second-order valence-corrected chi connectivity index (χ2v) is 4.55. The van der Waals surface area contributed by atoms with E-state index in [0.29, 0.717) is 24.3 Å². The molecule has 0 aromatic heterocycles. The predicted molar refractivity (Wildman–Crippen MR) is 77.9 cm³/mol. The third-order valence-corrected chi connectivity index (χ3v) is 3.01. The molecule has 0 aliphatic rings. The highest BCUT2D eigenvalue weighted by Gasteiger charge is 2.15. The quantitative estimate of drug-likeness (QED) is 0.513. The number of aliphatic hydroxyl groups excluding tert-OH is 1. The second kappa shape index (κ2) is 7.72. The van der Waals surface area contributed by atoms with E-state index in [1.807, 2.05) is 13.0 Å². The maximum absolute atomic E-state index is 11.7. The van der Waals surface area contributed by atoms with Gasteiger partial charge in [-0.15, -0.1) is 0 Å². The zero-order chi connectivity index (χ0) is 15.1. The molecule has 20 heavy (non-hydrogen) atoms. The summed E-state index contributed by atoms with van der Waals surface area (Å²) >= 11 is 0. The largest absolute Gasteiger partial charge is 0.465 e. The monoisotopic (exact) mass is 282 g/mol. The minimum Gasteiger partial charge on any atom is -0.465 e. The lowest BCUT2D eigenvalue weighted by Crippen LogP contribution is -2.26. The molecule has 1 atom stereocenters. The lowest BCUT2D eigenvalue weighted by Gasteiger charge is -2.19. The average molecular weight is 282 g/mol. The van der Waals surface area contributed by atoms with Crippen molar-refractivity contribution in [1.82, 2.24) is 0 Å². The van der Waals surface area contributed by atoms with Crippen LogP contribution < -0.4 is 11.1 Å². The van der Waals surface area contributed by atoms with Crippen molar-refractivity contribution in [3.63, 3.8) is 0 Å². The number of nitrogens with one attached hydrogen (secondary N) is 1. The number of esters is 1. The first kappa shape index (κ1) is 16.3. The Bertz CT molecular complexity index is 457. The Kier molecular flexibility index (Phi) is 6.27. The van der Waals surface area contributed by atoms with Gasteiger partial charge < -0.3 is 25.6 Å². The highest BCUT2D eigenvalue weighted by atomic mass is 16.5. The van der Waals surface area contributed by atoms with Gasteiger partial charge in [-0.3, -0.25) is 0 Å². The van der Waals surface area contributed by atoms with E-state index in [1.165, 1.54) is 7.11 Å². The number of nitrogen functional groups attached to an aromatic ring is 1. The summed E-state index contributed by atoms with van der Waals surface area (Å²) in [5.41, 5.74) is 8.15. The minimum atomic E-state index is -0.473. The molecule has 0 aliphatic heterocycles. The zero-order valence-electron chi connectivity index (χ0n) is 12.1. The molecule has 0 bridgehead atoms. The van der Waals surface area contributed by atoms with Crippen LogP contribution in [0.3, 0.4) is 0 Å². The van der Waals surface area contributed by atoms with Gasteiger partial charge in [0.25, 0.3) is 0 Å². The number of rotatable bonds is 7. The van der Waals surface area contributed by atoms with Crippen LogP contribution in [-0.4, -0.2) is 44.6 Å². The Balaban J connectivity index is 3.00. The molecule has 1 unspecified atom stereocenters. The Labute approximate surface area is 118 Å². The number of carbonyl (C=O) groups excluding carboxylic acids is 1. The molecule has 0 aliphatic carbocycles. The molecule has 1 aromatic rings. The van der Waals surface area contributed by atoms with Crippen molar-refractivity contribution in [2.75, 3.05) is 38.5 Å². The van der Waals surface area contributed by atoms with Crippen LogP contribution in [0.1, 0.15) is 22.3 Å². The summed E-state index contributed by atoms with van der Waals surface area (Å²) in [5.74, 6) is -0.473. The number of aliphatic hydroxyl groups is 1. The van der Waals surface area contributed by atoms with Crippen LogP contribution in [0.4, 0.5) is 11.4 Å². The van der Waals surface area contributed by atoms with Crippen LogP contribution in [0.2, 0.25) is 0 Å². The number of methoxy groups -OCH3 is 2. The molecule has 6 heteroatoms. The Morgan fingerprint density at radius 2 is 2.15 bits per heavy atom. The van der Waals surface area contributed by atoms with E-state index in [2.05, 4.69) is 5.32 Å². The molecule has 0 radical (unpaired) electrons. The third-order valence-electron chi connectivity index (χ3n) is 3.01. The van der Waals surface area contributed by atoms with Gasteiger partial charge in [0.15, 0.2) is 0 Å². The average Bonchev–Trinajstić information content (AvgIpc) is 2.42. The van der Waals surface area contributed by atoms with Crippen molar-refractivity contribution in [2.24, 2.45) is 0 Å². The highest BCUT2D eigenvalue weighted by molar-refractivity contribution is 5.97. The van der Waals surface area contributed by atoms with Crippen molar-refractivity contribution in [3.05, 3.63) is 23.3 Å². The van der Waals surface area contributed by atoms with E-state index in [4.69, 9.17) is 20.3 Å². The van der Waals surface area contributed by atoms with Gasteiger partial charge in [0, 0.05) is 25.1 Å². The van der Waals surface area contributed by atoms with Crippen LogP contribution in [0, 0.1) is 6.92 Å². The molecule has 0 saturated heterocycles. The van der Waals surface area contributed by atoms with Gasteiger partial charge in [0.2, 0.25) is 0 Å². The Morgan fingerprint density at radius 3 is 2.70 bits per heavy atom. The number of ether oxygens (including phenoxy) is 2. The fourth-order valence-corrected chi connectivity index (χ4v) is 1.95. The molecule has 4 N–H and O–H groups in total. The molecule has 0 amide bonds. The molecular weight excluding hydrogens is 260 g/mol. The Morgan fingerprint density at radius 1 is 1.45 bits per heavy atom. The first-order valence-electron chi connectivity index (χ1n) is 6.38. The van der Waals surface area contributed by atoms with E-state index in [1.54, 1.807) is 13.2 Å². The molecule has 112 valence electrons. The number of anilines is 2. The zero-order valence-corrected chi connectivity index (χ0v) is 12.1. The lowest BCUT2D eigenvalue weighted by atomic mass is 10.1. The molecule has 0 spiro atoms. The van der Waals surface area contributed by atoms with Crippen molar-refractivity contribution >= 4 is 17.3 Å². The van der Waals surface area contributed by atoms with Gasteiger partial charge in [-0.05, 0) is 31.0 Å². The first-order valence-corrected chi connectivity index (χ1v) is 6.38. The van der Waals surface area contributed by atoms with Gasteiger partial charge in [0.1, 0.15) is 0 Å². The van der Waals surface area contributed by atoms with Crippen LogP contribution in [0.15, 0.2) is 12.1 Å². The van der Waals surface area contributed by atoms with Gasteiger partial charge in [-0.2, -0.15) is 0 Å². The number of hydrogen-bond donors (Lipinski definition) is 3. The maximum Gasteiger partial charge on any atom is 0.340 e. The van der Waals surface area contributed by atoms with Crippen molar-refractivity contribution in [3.8, 4) is 0 Å². The maximum atomic E-state index is 11.7. The molecular formula is C14H22N2O4. The molecule has 0 heterocycles. The molecule has 1 rings (SSSR count). The fraction of sp³-hybridized carbons (Fsp3) is 0.500. The summed E-state index contributed by atoms with van der Waals surface area (Å²) < 4.78 is 9.81. The van der Waals surface area contributed by atoms with Crippen molar-refractivity contribution < 1.29 is 19.4 Å². The summed E-state index contributed by atoms with van der Waals surface area (Å²) in [6.07, 6.45) is 0.546. The van der Waals surface area contributed by atoms with Crippen LogP contribution >= 0.6 is 0 Å². The second-order valence-electron chi connectivity index (χ2n) is 4.55. The van der Waals surface area contributed by atoms with Gasteiger partial charge in [-0.1, -0.05) is 0 Å². The molecule has 1 aromatic carbocycles. The summed E-state index contributed by atoms with van der Waals surface area (Å²) in [4.78, 5) is 11.7. The first-order chi connectivity index (χ1) is 9.53. The number of nitrogens with two attached hydrogens (primary N) is 1. The van der Waals surface area contributed by atoms with E-state index in [-0.39, 0.29) is 12.6 Å². The fourth-order valence-electron chi connectivity index (χ4n) is 1.95. The van der Waals surface area contributed by atoms with Gasteiger partial charge in [-0.25, -0.2) is 4.79 Å². The number of benzene rings is 1. The van der Waals surface area contributed by atoms with Gasteiger partial charge >= 0.3 is 5.97 Å². The van der Waals surface area contributed by atoms with Crippen molar-refractivity contribution in [2.45, 2.75) is 19.4 Å². The smallest absolute Gasteiger partial charge is 0.340 e. The SMILES string of the molecule is COCC(CCO)Nc1cc(C)c(N)c(C(=O)OC)c1. The number of carbonyl (C=O) groups is 1. The highest BCUT2D eigenvalue weighted by Crippen LogP contribution is 2.24. The standard InChI is InChI=1S/C14H22N2O4/c1-9-6-11(16-10(4-5-17)8-19-2)7-12(13(9)15)14(18)20-3/h6-7,10,16-17H,4-5,8,15H2,1-3H3. The summed E-state index contributed by atoms with van der Waals surface area (Å²) in [5, 5.41) is 12.3. The lowest BCUT2D eigenvalue weighted by molar-refractivity contribution is 0.0602. The van der Waals surface area contributed by atoms with Gasteiger partial charge in [0.05, 0.1) is 25.3 Å². The topological polar surface area (TPSA) is 93.8 Å². The van der Waals surface area contributed by atoms with Crippen LogP contribution in [0.5, 0.6) is 0 Å². The van der Waals surface area contributed by atoms with E-state index >= 15 is 0 Å². The molecule has 0 saturated carbocycles. The van der Waals surface area contributed by atoms with Crippen molar-refractivity contribution in [1.29, 1.82) is 0 Å². The minimum absolute atomic E-state index is 0.0430. The van der Waals surface area contributed by atoms with Crippen LogP contribution in [0.25, 0.3) is 0 Å². The number of aryl methyl sites for hydroxylation is 1. The van der Waals surface area contributed by atoms with E-state index < -0.39 is 5.97 Å². The number of hydrogen-bond acceptors (Lipinski definition) is 6. The summed E-state index contributed by atoms with van der Waals surface area (Å²) in [7, 11) is 2.91. The predicted octanol–water partition coefficient (Wildman–Crippen LogP) is 1.17. The van der Waals surface area contributed by atoms with E-state index in [9.17, 15) is 4.79 Å². The summed E-state index contributed by atoms with van der Waals surface area (Å²) in [6, 6.07) is 3.45. The third kappa shape index (κ3) is 4.11.